The predicted octanol–water partition coefficient (Wildman–Crippen LogP) is 2.56. The Bertz CT molecular complexity index is 1410. The summed E-state index contributed by atoms with van der Waals surface area (Å²) >= 11 is 0. The van der Waals surface area contributed by atoms with Gasteiger partial charge in [-0.3, -0.25) is 4.55 Å². The molecule has 0 unspecified atom stereocenters. The zero-order valence-electron chi connectivity index (χ0n) is 18.3. The van der Waals surface area contributed by atoms with Crippen molar-refractivity contribution < 1.29 is 32.3 Å². The zero-order valence-corrected chi connectivity index (χ0v) is 19.1. The van der Waals surface area contributed by atoms with E-state index in [2.05, 4.69) is 18.0 Å². The number of likely N-dealkylation sites (N-methyl/N-ethyl adjacent to an activating group) is 1. The van der Waals surface area contributed by atoms with E-state index in [-0.39, 0.29) is 11.8 Å². The van der Waals surface area contributed by atoms with E-state index < -0.39 is 27.2 Å². The Morgan fingerprint density at radius 1 is 1.18 bits per heavy atom. The van der Waals surface area contributed by atoms with E-state index in [0.717, 1.165) is 47.2 Å². The minimum absolute atomic E-state index is 0.0113. The smallest absolute Gasteiger partial charge is 0.261 e. The van der Waals surface area contributed by atoms with Gasteiger partial charge >= 0.3 is 0 Å². The molecule has 4 atom stereocenters. The van der Waals surface area contributed by atoms with E-state index in [4.69, 9.17) is 13.7 Å². The number of piperidine rings is 1. The van der Waals surface area contributed by atoms with Gasteiger partial charge in [-0.05, 0) is 44.1 Å². The van der Waals surface area contributed by atoms with Crippen LogP contribution in [0.1, 0.15) is 35.0 Å². The third-order valence-corrected chi connectivity index (χ3v) is 7.89. The highest BCUT2D eigenvalue weighted by atomic mass is 32.2. The average Bonchev–Trinajstić information content (AvgIpc) is 3.27. The number of aromatic hydroxyl groups is 1. The highest BCUT2D eigenvalue weighted by Crippen LogP contribution is 2.69. The van der Waals surface area contributed by atoms with Gasteiger partial charge in [0, 0.05) is 29.0 Å². The molecule has 2 bridgehead atoms. The van der Waals surface area contributed by atoms with E-state index in [1.54, 1.807) is 6.07 Å². The van der Waals surface area contributed by atoms with Crippen molar-refractivity contribution in [3.8, 4) is 11.5 Å². The summed E-state index contributed by atoms with van der Waals surface area (Å²) in [7, 11) is -1.56. The van der Waals surface area contributed by atoms with Crippen molar-refractivity contribution in [2.75, 3.05) is 19.8 Å². The number of likely N-dealkylation sites (tertiary alicyclic amines) is 1. The van der Waals surface area contributed by atoms with Crippen molar-refractivity contribution in [3.05, 3.63) is 58.8 Å². The van der Waals surface area contributed by atoms with Crippen LogP contribution in [0.25, 0.3) is 11.0 Å². The first-order chi connectivity index (χ1) is 15.5. The molecule has 1 aromatic heterocycles. The number of aliphatic hydroxyl groups is 1. The van der Waals surface area contributed by atoms with Gasteiger partial charge in [0.15, 0.2) is 17.6 Å². The van der Waals surface area contributed by atoms with Crippen LogP contribution in [0.2, 0.25) is 0 Å². The molecule has 3 heterocycles. The number of benzene rings is 2. The Labute approximate surface area is 191 Å². The van der Waals surface area contributed by atoms with Crippen LogP contribution in [0.15, 0.2) is 40.8 Å². The second kappa shape index (κ2) is 6.50. The molecule has 33 heavy (non-hydrogen) atoms. The van der Waals surface area contributed by atoms with Gasteiger partial charge in [0.1, 0.15) is 11.3 Å². The highest BCUT2D eigenvalue weighted by Gasteiger charge is 2.73. The lowest BCUT2D eigenvalue weighted by molar-refractivity contribution is -0.170. The Morgan fingerprint density at radius 2 is 1.91 bits per heavy atom. The number of ether oxygens (including phenoxy) is 1. The van der Waals surface area contributed by atoms with Crippen LogP contribution < -0.4 is 4.74 Å². The summed E-state index contributed by atoms with van der Waals surface area (Å²) in [6, 6.07) is 11.8. The molecule has 2 aromatic carbocycles. The quantitative estimate of drug-likeness (QED) is 0.428. The van der Waals surface area contributed by atoms with Crippen molar-refractivity contribution in [2.24, 2.45) is 0 Å². The van der Waals surface area contributed by atoms with Crippen molar-refractivity contribution in [1.29, 1.82) is 0 Å². The summed E-state index contributed by atoms with van der Waals surface area (Å²) in [6.07, 6.45) is 2.39. The second-order valence-corrected chi connectivity index (χ2v) is 11.1. The number of furan rings is 1. The van der Waals surface area contributed by atoms with E-state index in [9.17, 15) is 18.6 Å². The fourth-order valence-corrected chi connectivity index (χ4v) is 6.69. The fourth-order valence-electron chi connectivity index (χ4n) is 6.69. The molecule has 1 spiro atoms. The summed E-state index contributed by atoms with van der Waals surface area (Å²) in [4.78, 5) is 2.30. The van der Waals surface area contributed by atoms with Crippen LogP contribution in [-0.2, 0) is 28.4 Å². The molecule has 3 N–H and O–H groups in total. The SMILES string of the molecule is CN1CC[C@]23c4c5ccc(O)c4O[C@H]2c2oc4ccccc4c2C[C@@]3(O)[C@H]1C5.CS(=O)(=O)O. The van der Waals surface area contributed by atoms with E-state index in [0.29, 0.717) is 18.4 Å². The first kappa shape index (κ1) is 21.0. The van der Waals surface area contributed by atoms with Crippen LogP contribution in [-0.4, -0.2) is 59.6 Å². The van der Waals surface area contributed by atoms with E-state index in [1.165, 1.54) is 5.56 Å². The predicted molar refractivity (Wildman–Crippen MR) is 120 cm³/mol. The summed E-state index contributed by atoms with van der Waals surface area (Å²) in [5.41, 5.74) is 2.53. The molecule has 0 saturated carbocycles. The molecular formula is C24H25NO7S. The molecule has 4 aliphatic rings. The maximum Gasteiger partial charge on any atom is 0.261 e. The monoisotopic (exact) mass is 471 g/mol. The van der Waals surface area contributed by atoms with Gasteiger partial charge in [0.2, 0.25) is 0 Å². The van der Waals surface area contributed by atoms with Crippen LogP contribution in [0.3, 0.4) is 0 Å². The number of hydrogen-bond donors (Lipinski definition) is 3. The van der Waals surface area contributed by atoms with Gasteiger partial charge in [-0.25, -0.2) is 0 Å². The number of hydrogen-bond acceptors (Lipinski definition) is 7. The zero-order chi connectivity index (χ0) is 23.3. The molecule has 0 amide bonds. The van der Waals surface area contributed by atoms with Crippen molar-refractivity contribution in [2.45, 2.75) is 42.4 Å². The minimum Gasteiger partial charge on any atom is -0.504 e. The third kappa shape index (κ3) is 2.64. The summed E-state index contributed by atoms with van der Waals surface area (Å²) < 4.78 is 38.6. The summed E-state index contributed by atoms with van der Waals surface area (Å²) in [5, 5.41) is 24.0. The van der Waals surface area contributed by atoms with Gasteiger partial charge in [0.25, 0.3) is 10.1 Å². The van der Waals surface area contributed by atoms with Crippen LogP contribution in [0.4, 0.5) is 0 Å². The summed E-state index contributed by atoms with van der Waals surface area (Å²) in [6.45, 7) is 0.886. The number of phenols is 1. The normalized spacial score (nSPS) is 31.3. The number of nitrogens with zero attached hydrogens (tertiary/aromatic N) is 1. The number of rotatable bonds is 0. The maximum atomic E-state index is 12.4. The Balaban J connectivity index is 0.000000377. The van der Waals surface area contributed by atoms with E-state index in [1.807, 2.05) is 24.3 Å². The Kier molecular flexibility index (Phi) is 4.13. The first-order valence-corrected chi connectivity index (χ1v) is 12.8. The maximum absolute atomic E-state index is 12.4. The van der Waals surface area contributed by atoms with Gasteiger partial charge in [0.05, 0.1) is 17.3 Å². The number of para-hydroxylation sites is 1. The summed E-state index contributed by atoms with van der Waals surface area (Å²) in [5.74, 6) is 1.51. The molecule has 3 aromatic rings. The Hall–Kier alpha value is -2.59. The molecule has 8 nitrogen and oxygen atoms in total. The molecule has 9 heteroatoms. The van der Waals surface area contributed by atoms with Crippen LogP contribution in [0.5, 0.6) is 11.5 Å². The number of phenolic OH excluding ortho intramolecular Hbond substituents is 1. The number of fused-ring (bicyclic) bond motifs is 4. The van der Waals surface area contributed by atoms with Crippen LogP contribution in [0, 0.1) is 0 Å². The molecule has 2 aliphatic heterocycles. The van der Waals surface area contributed by atoms with Crippen molar-refractivity contribution in [3.63, 3.8) is 0 Å². The van der Waals surface area contributed by atoms with Gasteiger partial charge in [-0.15, -0.1) is 0 Å². The van der Waals surface area contributed by atoms with Crippen molar-refractivity contribution in [1.82, 2.24) is 4.90 Å². The lowest BCUT2D eigenvalue weighted by Gasteiger charge is -2.61. The van der Waals surface area contributed by atoms with Gasteiger partial charge in [-0.1, -0.05) is 24.3 Å². The lowest BCUT2D eigenvalue weighted by atomic mass is 9.49. The van der Waals surface area contributed by atoms with E-state index >= 15 is 0 Å². The Morgan fingerprint density at radius 3 is 2.67 bits per heavy atom. The third-order valence-electron chi connectivity index (χ3n) is 7.89. The van der Waals surface area contributed by atoms with Gasteiger partial charge in [-0.2, -0.15) is 8.42 Å². The molecule has 174 valence electrons. The fraction of sp³-hybridized carbons (Fsp3) is 0.417. The molecule has 0 radical (unpaired) electrons. The topological polar surface area (TPSA) is 120 Å². The standard InChI is InChI=1S/C23H21NO4.CH4O3S/c1-24-9-8-22-18-12-6-7-15(25)20(18)28-21(22)19-14(11-23(22,26)17(24)10-12)13-4-2-3-5-16(13)27-19;1-5(2,3)4/h2-7,17,21,25-26H,8-11H2,1H3;1H3,(H,2,3,4)/t17-,21+,22+,23-;/m1./s1. The first-order valence-electron chi connectivity index (χ1n) is 10.9. The molecular weight excluding hydrogens is 446 g/mol. The van der Waals surface area contributed by atoms with Gasteiger partial charge < -0.3 is 24.3 Å². The minimum atomic E-state index is -3.67. The molecule has 1 saturated heterocycles. The molecule has 7 rings (SSSR count). The second-order valence-electron chi connectivity index (χ2n) is 9.64. The highest BCUT2D eigenvalue weighted by molar-refractivity contribution is 7.85. The largest absolute Gasteiger partial charge is 0.504 e. The van der Waals surface area contributed by atoms with Crippen LogP contribution >= 0.6 is 0 Å². The van der Waals surface area contributed by atoms with Crippen molar-refractivity contribution >= 4 is 21.1 Å². The average molecular weight is 472 g/mol. The molecule has 1 fully saturated rings. The molecule has 2 aliphatic carbocycles. The lowest BCUT2D eigenvalue weighted by Crippen LogP contribution is -2.73.